The van der Waals surface area contributed by atoms with Crippen molar-refractivity contribution in [3.63, 3.8) is 0 Å². The smallest absolute Gasteiger partial charge is 0.350 e. The summed E-state index contributed by atoms with van der Waals surface area (Å²) in [5.41, 5.74) is -0.268. The highest BCUT2D eigenvalue weighted by Crippen LogP contribution is 2.23. The SMILES string of the molecule is CCOC(=O)c1sc(NC(=O)CCNC(=O)c2cccc(C(=O)OC)c2F)nc1C. The first kappa shape index (κ1) is 22.9. The number of benzene rings is 1. The van der Waals surface area contributed by atoms with Crippen molar-refractivity contribution in [3.05, 3.63) is 45.7 Å². The molecule has 1 aromatic carbocycles. The van der Waals surface area contributed by atoms with Gasteiger partial charge >= 0.3 is 11.9 Å². The number of aromatic nitrogens is 1. The Morgan fingerprint density at radius 1 is 1.17 bits per heavy atom. The zero-order valence-electron chi connectivity index (χ0n) is 16.5. The van der Waals surface area contributed by atoms with Crippen LogP contribution in [0.3, 0.4) is 0 Å². The number of thiazole rings is 1. The summed E-state index contributed by atoms with van der Waals surface area (Å²) in [6, 6.07) is 3.77. The van der Waals surface area contributed by atoms with Crippen LogP contribution < -0.4 is 10.6 Å². The topological polar surface area (TPSA) is 124 Å². The van der Waals surface area contributed by atoms with Crippen LogP contribution in [-0.2, 0) is 14.3 Å². The minimum atomic E-state index is -1.00. The third kappa shape index (κ3) is 5.60. The van der Waals surface area contributed by atoms with Gasteiger partial charge in [0.25, 0.3) is 5.91 Å². The molecular formula is C19H20FN3O6S. The molecule has 2 rings (SSSR count). The van der Waals surface area contributed by atoms with Crippen molar-refractivity contribution < 1.29 is 33.0 Å². The fourth-order valence-electron chi connectivity index (χ4n) is 2.38. The molecule has 0 saturated heterocycles. The van der Waals surface area contributed by atoms with Crippen molar-refractivity contribution in [2.24, 2.45) is 0 Å². The first-order valence-electron chi connectivity index (χ1n) is 8.87. The fourth-order valence-corrected chi connectivity index (χ4v) is 3.25. The molecule has 1 aromatic heterocycles. The van der Waals surface area contributed by atoms with E-state index in [1.165, 1.54) is 18.2 Å². The van der Waals surface area contributed by atoms with Crippen LogP contribution in [0.2, 0.25) is 0 Å². The summed E-state index contributed by atoms with van der Waals surface area (Å²) in [7, 11) is 1.10. The van der Waals surface area contributed by atoms with E-state index in [9.17, 15) is 23.6 Å². The van der Waals surface area contributed by atoms with E-state index in [4.69, 9.17) is 4.74 Å². The number of anilines is 1. The molecule has 9 nitrogen and oxygen atoms in total. The van der Waals surface area contributed by atoms with Crippen LogP contribution in [0.5, 0.6) is 0 Å². The Hall–Kier alpha value is -3.34. The number of esters is 2. The highest BCUT2D eigenvalue weighted by molar-refractivity contribution is 7.17. The average molecular weight is 437 g/mol. The third-order valence-electron chi connectivity index (χ3n) is 3.79. The van der Waals surface area contributed by atoms with Gasteiger partial charge in [0, 0.05) is 13.0 Å². The predicted molar refractivity (Wildman–Crippen MR) is 106 cm³/mol. The third-order valence-corrected chi connectivity index (χ3v) is 4.84. The number of amides is 2. The highest BCUT2D eigenvalue weighted by Gasteiger charge is 2.20. The summed E-state index contributed by atoms with van der Waals surface area (Å²) in [4.78, 5) is 51.9. The average Bonchev–Trinajstić information content (AvgIpc) is 3.07. The van der Waals surface area contributed by atoms with Gasteiger partial charge in [-0.2, -0.15) is 0 Å². The Labute approximate surface area is 175 Å². The van der Waals surface area contributed by atoms with E-state index in [-0.39, 0.29) is 35.8 Å². The van der Waals surface area contributed by atoms with Gasteiger partial charge < -0.3 is 20.1 Å². The number of hydrogen-bond acceptors (Lipinski definition) is 8. The van der Waals surface area contributed by atoms with E-state index >= 15 is 0 Å². The summed E-state index contributed by atoms with van der Waals surface area (Å²) in [5.74, 6) is -3.65. The largest absolute Gasteiger partial charge is 0.465 e. The molecule has 11 heteroatoms. The van der Waals surface area contributed by atoms with Crippen LogP contribution in [0.4, 0.5) is 9.52 Å². The molecular weight excluding hydrogens is 417 g/mol. The molecule has 0 aliphatic carbocycles. The minimum Gasteiger partial charge on any atom is -0.465 e. The van der Waals surface area contributed by atoms with E-state index in [1.54, 1.807) is 13.8 Å². The lowest BCUT2D eigenvalue weighted by Gasteiger charge is -2.08. The van der Waals surface area contributed by atoms with E-state index in [1.807, 2.05) is 0 Å². The predicted octanol–water partition coefficient (Wildman–Crippen LogP) is 2.31. The Morgan fingerprint density at radius 2 is 1.87 bits per heavy atom. The first-order valence-corrected chi connectivity index (χ1v) is 9.69. The van der Waals surface area contributed by atoms with Crippen molar-refractivity contribution in [2.75, 3.05) is 25.6 Å². The minimum absolute atomic E-state index is 0.0817. The van der Waals surface area contributed by atoms with Crippen molar-refractivity contribution in [3.8, 4) is 0 Å². The second-order valence-electron chi connectivity index (χ2n) is 5.87. The molecule has 1 heterocycles. The molecule has 0 atom stereocenters. The zero-order chi connectivity index (χ0) is 22.3. The number of aryl methyl sites for hydroxylation is 1. The Morgan fingerprint density at radius 3 is 2.53 bits per heavy atom. The molecule has 0 fully saturated rings. The number of hydrogen-bond donors (Lipinski definition) is 2. The number of carbonyl (C=O) groups excluding carboxylic acids is 4. The molecule has 2 N–H and O–H groups in total. The molecule has 0 aliphatic rings. The summed E-state index contributed by atoms with van der Waals surface area (Å²) >= 11 is 0.983. The lowest BCUT2D eigenvalue weighted by Crippen LogP contribution is -2.28. The van der Waals surface area contributed by atoms with Gasteiger partial charge in [0.2, 0.25) is 5.91 Å². The molecule has 0 radical (unpaired) electrons. The second-order valence-corrected chi connectivity index (χ2v) is 6.87. The van der Waals surface area contributed by atoms with Crippen molar-refractivity contribution in [2.45, 2.75) is 20.3 Å². The van der Waals surface area contributed by atoms with Crippen molar-refractivity contribution in [1.29, 1.82) is 0 Å². The molecule has 0 unspecified atom stereocenters. The molecule has 0 bridgehead atoms. The summed E-state index contributed by atoms with van der Waals surface area (Å²) in [6.45, 7) is 3.45. The monoisotopic (exact) mass is 437 g/mol. The lowest BCUT2D eigenvalue weighted by atomic mass is 10.1. The Balaban J connectivity index is 1.91. The second kappa shape index (κ2) is 10.4. The maximum Gasteiger partial charge on any atom is 0.350 e. The number of nitrogens with zero attached hydrogens (tertiary/aromatic N) is 1. The maximum atomic E-state index is 14.3. The van der Waals surface area contributed by atoms with E-state index in [0.717, 1.165) is 18.4 Å². The lowest BCUT2D eigenvalue weighted by molar-refractivity contribution is -0.116. The van der Waals surface area contributed by atoms with Gasteiger partial charge in [-0.25, -0.2) is 19.0 Å². The molecule has 0 aliphatic heterocycles. The van der Waals surface area contributed by atoms with Crippen LogP contribution in [0, 0.1) is 12.7 Å². The van der Waals surface area contributed by atoms with Crippen LogP contribution in [0.15, 0.2) is 18.2 Å². The molecule has 30 heavy (non-hydrogen) atoms. The summed E-state index contributed by atoms with van der Waals surface area (Å²) in [5, 5.41) is 5.17. The molecule has 160 valence electrons. The van der Waals surface area contributed by atoms with Crippen LogP contribution >= 0.6 is 11.3 Å². The number of ether oxygens (including phenoxy) is 2. The Kier molecular flexibility index (Phi) is 7.98. The standard InChI is InChI=1S/C19H20FN3O6S/c1-4-29-18(27)15-10(2)22-19(30-15)23-13(24)8-9-21-16(25)11-6-5-7-12(14(11)20)17(26)28-3/h5-7H,4,8-9H2,1-3H3,(H,21,25)(H,22,23,24). The van der Waals surface area contributed by atoms with Gasteiger partial charge in [-0.3, -0.25) is 9.59 Å². The van der Waals surface area contributed by atoms with Crippen molar-refractivity contribution >= 4 is 40.2 Å². The van der Waals surface area contributed by atoms with E-state index < -0.39 is 29.6 Å². The molecule has 2 aromatic rings. The zero-order valence-corrected chi connectivity index (χ0v) is 17.4. The van der Waals surface area contributed by atoms with Gasteiger partial charge in [-0.1, -0.05) is 17.4 Å². The van der Waals surface area contributed by atoms with Crippen LogP contribution in [-0.4, -0.2) is 49.0 Å². The molecule has 2 amide bonds. The van der Waals surface area contributed by atoms with E-state index in [2.05, 4.69) is 20.4 Å². The first-order chi connectivity index (χ1) is 14.3. The van der Waals surface area contributed by atoms with E-state index in [0.29, 0.717) is 10.6 Å². The van der Waals surface area contributed by atoms with Crippen molar-refractivity contribution in [1.82, 2.24) is 10.3 Å². The van der Waals surface area contributed by atoms with Gasteiger partial charge in [-0.05, 0) is 26.0 Å². The number of methoxy groups -OCH3 is 1. The van der Waals surface area contributed by atoms with Gasteiger partial charge in [0.15, 0.2) is 5.13 Å². The maximum absolute atomic E-state index is 14.3. The highest BCUT2D eigenvalue weighted by atomic mass is 32.1. The van der Waals surface area contributed by atoms with Gasteiger partial charge in [-0.15, -0.1) is 0 Å². The number of nitrogens with one attached hydrogen (secondary N) is 2. The fraction of sp³-hybridized carbons (Fsp3) is 0.316. The van der Waals surface area contributed by atoms with Gasteiger partial charge in [0.05, 0.1) is 30.5 Å². The molecule has 0 saturated carbocycles. The quantitative estimate of drug-likeness (QED) is 0.608. The Bertz CT molecular complexity index is 975. The van der Waals surface area contributed by atoms with Crippen LogP contribution in [0.25, 0.3) is 0 Å². The number of carbonyl (C=O) groups is 4. The van der Waals surface area contributed by atoms with Gasteiger partial charge in [0.1, 0.15) is 10.7 Å². The summed E-state index contributed by atoms with van der Waals surface area (Å²) < 4.78 is 23.7. The normalized spacial score (nSPS) is 10.3. The molecule has 0 spiro atoms. The van der Waals surface area contributed by atoms with Crippen LogP contribution in [0.1, 0.15) is 49.4 Å². The number of rotatable bonds is 8. The summed E-state index contributed by atoms with van der Waals surface area (Å²) in [6.07, 6.45) is -0.114. The number of halogens is 1.